The lowest BCUT2D eigenvalue weighted by molar-refractivity contribution is -0.128. The van der Waals surface area contributed by atoms with E-state index in [0.29, 0.717) is 6.54 Å². The number of rotatable bonds is 5. The summed E-state index contributed by atoms with van der Waals surface area (Å²) in [4.78, 5) is 15.5. The highest BCUT2D eigenvalue weighted by molar-refractivity contribution is 5.81. The van der Waals surface area contributed by atoms with E-state index in [1.807, 2.05) is 26.0 Å². The van der Waals surface area contributed by atoms with E-state index in [9.17, 15) is 4.79 Å². The van der Waals surface area contributed by atoms with Crippen molar-refractivity contribution in [2.24, 2.45) is 5.41 Å². The average Bonchev–Trinajstić information content (AvgIpc) is 2.29. The highest BCUT2D eigenvalue weighted by atomic mass is 16.2. The molecule has 0 spiro atoms. The van der Waals surface area contributed by atoms with Gasteiger partial charge in [0.15, 0.2) is 0 Å². The van der Waals surface area contributed by atoms with E-state index in [4.69, 9.17) is 0 Å². The fraction of sp³-hybridized carbons (Fsp3) is 0.500. The number of amides is 1. The summed E-state index contributed by atoms with van der Waals surface area (Å²) < 4.78 is 0. The van der Waals surface area contributed by atoms with Crippen molar-refractivity contribution in [3.63, 3.8) is 0 Å². The second-order valence-corrected chi connectivity index (χ2v) is 4.42. The standard InChI is InChI=1S/C12H19N3O/c1-12(2,11(16)13-3)9-15-8-10-4-6-14-7-5-10/h4-7,15H,8-9H2,1-3H3,(H,13,16). The molecular weight excluding hydrogens is 202 g/mol. The van der Waals surface area contributed by atoms with Gasteiger partial charge in [-0.15, -0.1) is 0 Å². The topological polar surface area (TPSA) is 54.0 Å². The molecule has 0 atom stereocenters. The van der Waals surface area contributed by atoms with Gasteiger partial charge in [0, 0.05) is 32.5 Å². The molecule has 2 N–H and O–H groups in total. The van der Waals surface area contributed by atoms with Gasteiger partial charge in [-0.2, -0.15) is 0 Å². The lowest BCUT2D eigenvalue weighted by atomic mass is 9.92. The molecule has 1 aromatic heterocycles. The van der Waals surface area contributed by atoms with Crippen molar-refractivity contribution in [3.05, 3.63) is 30.1 Å². The van der Waals surface area contributed by atoms with Gasteiger partial charge in [-0.05, 0) is 31.5 Å². The Bertz CT molecular complexity index is 335. The van der Waals surface area contributed by atoms with Crippen molar-refractivity contribution in [3.8, 4) is 0 Å². The normalized spacial score (nSPS) is 11.2. The number of carbonyl (C=O) groups excluding carboxylic acids is 1. The lowest BCUT2D eigenvalue weighted by Crippen LogP contribution is -2.41. The van der Waals surface area contributed by atoms with Gasteiger partial charge < -0.3 is 10.6 Å². The van der Waals surface area contributed by atoms with E-state index < -0.39 is 0 Å². The summed E-state index contributed by atoms with van der Waals surface area (Å²) in [6, 6.07) is 3.92. The number of nitrogens with one attached hydrogen (secondary N) is 2. The number of carbonyl (C=O) groups is 1. The van der Waals surface area contributed by atoms with Gasteiger partial charge >= 0.3 is 0 Å². The van der Waals surface area contributed by atoms with Crippen molar-refractivity contribution >= 4 is 5.91 Å². The molecule has 0 aliphatic rings. The molecule has 88 valence electrons. The summed E-state index contributed by atoms with van der Waals surface area (Å²) in [6.45, 7) is 5.24. The van der Waals surface area contributed by atoms with Gasteiger partial charge in [0.1, 0.15) is 0 Å². The zero-order valence-corrected chi connectivity index (χ0v) is 10.1. The third-order valence-corrected chi connectivity index (χ3v) is 2.49. The zero-order chi connectivity index (χ0) is 12.0. The molecule has 0 aliphatic heterocycles. The number of pyridine rings is 1. The molecule has 0 radical (unpaired) electrons. The van der Waals surface area contributed by atoms with E-state index in [1.165, 1.54) is 5.56 Å². The molecule has 0 unspecified atom stereocenters. The Kier molecular flexibility index (Phi) is 4.43. The Balaban J connectivity index is 2.38. The van der Waals surface area contributed by atoms with Crippen molar-refractivity contribution in [2.45, 2.75) is 20.4 Å². The van der Waals surface area contributed by atoms with Gasteiger partial charge in [0.2, 0.25) is 5.91 Å². The highest BCUT2D eigenvalue weighted by Crippen LogP contribution is 2.13. The predicted molar refractivity (Wildman–Crippen MR) is 63.8 cm³/mol. The Hall–Kier alpha value is -1.42. The van der Waals surface area contributed by atoms with Crippen LogP contribution in [-0.4, -0.2) is 24.5 Å². The largest absolute Gasteiger partial charge is 0.359 e. The van der Waals surface area contributed by atoms with Crippen LogP contribution in [0.15, 0.2) is 24.5 Å². The molecule has 0 saturated carbocycles. The van der Waals surface area contributed by atoms with Crippen LogP contribution in [0.2, 0.25) is 0 Å². The Morgan fingerprint density at radius 2 is 2.00 bits per heavy atom. The van der Waals surface area contributed by atoms with Crippen LogP contribution in [0.5, 0.6) is 0 Å². The van der Waals surface area contributed by atoms with Gasteiger partial charge in [0.05, 0.1) is 5.41 Å². The van der Waals surface area contributed by atoms with Crippen LogP contribution in [0.3, 0.4) is 0 Å². The monoisotopic (exact) mass is 221 g/mol. The van der Waals surface area contributed by atoms with Gasteiger partial charge in [-0.25, -0.2) is 0 Å². The number of hydrogen-bond acceptors (Lipinski definition) is 3. The van der Waals surface area contributed by atoms with Crippen LogP contribution < -0.4 is 10.6 Å². The van der Waals surface area contributed by atoms with E-state index in [1.54, 1.807) is 19.4 Å². The van der Waals surface area contributed by atoms with E-state index >= 15 is 0 Å². The number of hydrogen-bond donors (Lipinski definition) is 2. The molecule has 0 fully saturated rings. The first kappa shape index (κ1) is 12.6. The summed E-state index contributed by atoms with van der Waals surface area (Å²) in [5.41, 5.74) is 0.782. The van der Waals surface area contributed by atoms with Crippen molar-refractivity contribution in [1.29, 1.82) is 0 Å². The van der Waals surface area contributed by atoms with Gasteiger partial charge in [-0.1, -0.05) is 0 Å². The smallest absolute Gasteiger partial charge is 0.226 e. The van der Waals surface area contributed by atoms with Crippen molar-refractivity contribution in [1.82, 2.24) is 15.6 Å². The molecule has 0 bridgehead atoms. The maximum atomic E-state index is 11.5. The molecule has 4 nitrogen and oxygen atoms in total. The molecule has 4 heteroatoms. The molecule has 16 heavy (non-hydrogen) atoms. The predicted octanol–water partition coefficient (Wildman–Crippen LogP) is 0.943. The number of nitrogens with zero attached hydrogens (tertiary/aromatic N) is 1. The third kappa shape index (κ3) is 3.62. The molecular formula is C12H19N3O. The van der Waals surface area contributed by atoms with E-state index in [2.05, 4.69) is 15.6 Å². The summed E-state index contributed by atoms with van der Waals surface area (Å²) in [6.07, 6.45) is 3.53. The summed E-state index contributed by atoms with van der Waals surface area (Å²) in [5, 5.41) is 5.93. The Morgan fingerprint density at radius 3 is 2.56 bits per heavy atom. The van der Waals surface area contributed by atoms with Crippen LogP contribution in [0.1, 0.15) is 19.4 Å². The first-order valence-corrected chi connectivity index (χ1v) is 5.38. The van der Waals surface area contributed by atoms with Crippen LogP contribution in [0.25, 0.3) is 0 Å². The minimum atomic E-state index is -0.387. The molecule has 1 rings (SSSR count). The summed E-state index contributed by atoms with van der Waals surface area (Å²) in [7, 11) is 1.66. The molecule has 1 aromatic rings. The maximum absolute atomic E-state index is 11.5. The van der Waals surface area contributed by atoms with Crippen molar-refractivity contribution in [2.75, 3.05) is 13.6 Å². The summed E-state index contributed by atoms with van der Waals surface area (Å²) >= 11 is 0. The molecule has 0 saturated heterocycles. The zero-order valence-electron chi connectivity index (χ0n) is 10.1. The lowest BCUT2D eigenvalue weighted by Gasteiger charge is -2.22. The second-order valence-electron chi connectivity index (χ2n) is 4.42. The van der Waals surface area contributed by atoms with Crippen LogP contribution in [0, 0.1) is 5.41 Å². The molecule has 0 aromatic carbocycles. The Labute approximate surface area is 96.5 Å². The molecule has 0 aliphatic carbocycles. The summed E-state index contributed by atoms with van der Waals surface area (Å²) in [5.74, 6) is 0.0507. The SMILES string of the molecule is CNC(=O)C(C)(C)CNCc1ccncc1. The average molecular weight is 221 g/mol. The highest BCUT2D eigenvalue weighted by Gasteiger charge is 2.25. The minimum absolute atomic E-state index is 0.0507. The second kappa shape index (κ2) is 5.61. The number of aromatic nitrogens is 1. The minimum Gasteiger partial charge on any atom is -0.359 e. The fourth-order valence-electron chi connectivity index (χ4n) is 1.44. The van der Waals surface area contributed by atoms with E-state index in [0.717, 1.165) is 6.54 Å². The van der Waals surface area contributed by atoms with Crippen LogP contribution in [-0.2, 0) is 11.3 Å². The fourth-order valence-corrected chi connectivity index (χ4v) is 1.44. The quantitative estimate of drug-likeness (QED) is 0.778. The van der Waals surface area contributed by atoms with E-state index in [-0.39, 0.29) is 11.3 Å². The molecule has 1 heterocycles. The first-order valence-electron chi connectivity index (χ1n) is 5.38. The third-order valence-electron chi connectivity index (χ3n) is 2.49. The van der Waals surface area contributed by atoms with Crippen LogP contribution >= 0.6 is 0 Å². The first-order chi connectivity index (χ1) is 7.56. The van der Waals surface area contributed by atoms with Crippen LogP contribution in [0.4, 0.5) is 0 Å². The Morgan fingerprint density at radius 1 is 1.38 bits per heavy atom. The van der Waals surface area contributed by atoms with Gasteiger partial charge in [-0.3, -0.25) is 9.78 Å². The molecule has 1 amide bonds. The van der Waals surface area contributed by atoms with Gasteiger partial charge in [0.25, 0.3) is 0 Å². The van der Waals surface area contributed by atoms with Crippen molar-refractivity contribution < 1.29 is 4.79 Å². The maximum Gasteiger partial charge on any atom is 0.226 e.